The van der Waals surface area contributed by atoms with Gasteiger partial charge in [0.15, 0.2) is 0 Å². The highest BCUT2D eigenvalue weighted by molar-refractivity contribution is 4.88. The molecule has 2 rings (SSSR count). The van der Waals surface area contributed by atoms with E-state index in [0.29, 0.717) is 5.41 Å². The molecule has 1 saturated heterocycles. The highest BCUT2D eigenvalue weighted by Gasteiger charge is 2.36. The van der Waals surface area contributed by atoms with Gasteiger partial charge in [0.25, 0.3) is 0 Å². The van der Waals surface area contributed by atoms with E-state index in [1.165, 1.54) is 38.8 Å². The SMILES string of the molecule is CN1CCC2CC(C)(C)CCC2C1. The second-order valence-corrected chi connectivity index (χ2v) is 5.98. The summed E-state index contributed by atoms with van der Waals surface area (Å²) in [5.74, 6) is 2.06. The maximum atomic E-state index is 2.51. The Hall–Kier alpha value is -0.0400. The van der Waals surface area contributed by atoms with E-state index in [0.717, 1.165) is 11.8 Å². The number of nitrogens with zero attached hydrogens (tertiary/aromatic N) is 1. The first-order valence-corrected chi connectivity index (χ1v) is 5.75. The molecule has 13 heavy (non-hydrogen) atoms. The Bertz CT molecular complexity index is 186. The first-order valence-electron chi connectivity index (χ1n) is 5.75. The molecule has 0 radical (unpaired) electrons. The standard InChI is InChI=1S/C12H23N/c1-12(2)6-4-11-9-13(3)7-5-10(11)8-12/h10-11H,4-9H2,1-3H3. The number of hydrogen-bond acceptors (Lipinski definition) is 1. The molecule has 0 aromatic rings. The second-order valence-electron chi connectivity index (χ2n) is 5.98. The molecule has 1 aliphatic carbocycles. The highest BCUT2D eigenvalue weighted by atomic mass is 15.1. The van der Waals surface area contributed by atoms with Crippen LogP contribution in [0.1, 0.15) is 39.5 Å². The quantitative estimate of drug-likeness (QED) is 0.555. The molecule has 1 saturated carbocycles. The third kappa shape index (κ3) is 2.07. The zero-order valence-electron chi connectivity index (χ0n) is 9.34. The van der Waals surface area contributed by atoms with Crippen LogP contribution in [-0.2, 0) is 0 Å². The van der Waals surface area contributed by atoms with E-state index in [1.807, 2.05) is 0 Å². The minimum Gasteiger partial charge on any atom is -0.306 e. The van der Waals surface area contributed by atoms with Crippen LogP contribution in [0.25, 0.3) is 0 Å². The fraction of sp³-hybridized carbons (Fsp3) is 1.00. The lowest BCUT2D eigenvalue weighted by atomic mass is 9.65. The summed E-state index contributed by atoms with van der Waals surface area (Å²) in [6.07, 6.45) is 5.85. The van der Waals surface area contributed by atoms with Crippen LogP contribution in [0.15, 0.2) is 0 Å². The normalized spacial score (nSPS) is 39.9. The number of rotatable bonds is 0. The molecular weight excluding hydrogens is 158 g/mol. The Balaban J connectivity index is 1.98. The van der Waals surface area contributed by atoms with Gasteiger partial charge < -0.3 is 4.90 Å². The van der Waals surface area contributed by atoms with Crippen molar-refractivity contribution >= 4 is 0 Å². The molecular formula is C12H23N. The van der Waals surface area contributed by atoms with Gasteiger partial charge >= 0.3 is 0 Å². The summed E-state index contributed by atoms with van der Waals surface area (Å²) in [5.41, 5.74) is 0.636. The number of hydrogen-bond donors (Lipinski definition) is 0. The Morgan fingerprint density at radius 1 is 1.15 bits per heavy atom. The predicted octanol–water partition coefficient (Wildman–Crippen LogP) is 2.76. The minimum atomic E-state index is 0.636. The maximum absolute atomic E-state index is 2.51. The van der Waals surface area contributed by atoms with Crippen LogP contribution >= 0.6 is 0 Å². The molecule has 1 aliphatic heterocycles. The summed E-state index contributed by atoms with van der Waals surface area (Å²) in [5, 5.41) is 0. The van der Waals surface area contributed by atoms with Gasteiger partial charge in [-0.05, 0) is 56.5 Å². The van der Waals surface area contributed by atoms with Crippen LogP contribution in [0, 0.1) is 17.3 Å². The van der Waals surface area contributed by atoms with Gasteiger partial charge in [0.05, 0.1) is 0 Å². The molecule has 1 heterocycles. The van der Waals surface area contributed by atoms with Crippen LogP contribution in [0.3, 0.4) is 0 Å². The molecule has 2 aliphatic rings. The van der Waals surface area contributed by atoms with E-state index in [1.54, 1.807) is 0 Å². The molecule has 2 fully saturated rings. The summed E-state index contributed by atoms with van der Waals surface area (Å²) in [4.78, 5) is 2.51. The first-order chi connectivity index (χ1) is 6.07. The van der Waals surface area contributed by atoms with E-state index < -0.39 is 0 Å². The number of fused-ring (bicyclic) bond motifs is 1. The number of likely N-dealkylation sites (tertiary alicyclic amines) is 1. The van der Waals surface area contributed by atoms with Crippen LogP contribution in [-0.4, -0.2) is 25.0 Å². The van der Waals surface area contributed by atoms with Crippen molar-refractivity contribution in [2.24, 2.45) is 17.3 Å². The molecule has 0 aromatic carbocycles. The van der Waals surface area contributed by atoms with Crippen molar-refractivity contribution in [2.75, 3.05) is 20.1 Å². The van der Waals surface area contributed by atoms with Gasteiger partial charge in [0.2, 0.25) is 0 Å². The topological polar surface area (TPSA) is 3.24 Å². The average Bonchev–Trinajstić information content (AvgIpc) is 2.05. The van der Waals surface area contributed by atoms with Crippen LogP contribution in [0.4, 0.5) is 0 Å². The lowest BCUT2D eigenvalue weighted by molar-refractivity contribution is 0.0486. The Labute approximate surface area is 82.5 Å². The van der Waals surface area contributed by atoms with Gasteiger partial charge in [-0.25, -0.2) is 0 Å². The number of piperidine rings is 1. The molecule has 0 aromatic heterocycles. The van der Waals surface area contributed by atoms with Crippen molar-refractivity contribution in [1.29, 1.82) is 0 Å². The molecule has 0 bridgehead atoms. The predicted molar refractivity (Wildman–Crippen MR) is 56.7 cm³/mol. The van der Waals surface area contributed by atoms with Crippen molar-refractivity contribution in [3.8, 4) is 0 Å². The zero-order valence-corrected chi connectivity index (χ0v) is 9.34. The molecule has 1 heteroatoms. The average molecular weight is 181 g/mol. The van der Waals surface area contributed by atoms with Gasteiger partial charge in [-0.3, -0.25) is 0 Å². The smallest absolute Gasteiger partial charge is 0.000927 e. The molecule has 2 unspecified atom stereocenters. The molecule has 0 amide bonds. The fourth-order valence-corrected chi connectivity index (χ4v) is 3.25. The lowest BCUT2D eigenvalue weighted by Crippen LogP contribution is -2.42. The van der Waals surface area contributed by atoms with Gasteiger partial charge in [-0.15, -0.1) is 0 Å². The van der Waals surface area contributed by atoms with E-state index in [4.69, 9.17) is 0 Å². The van der Waals surface area contributed by atoms with E-state index >= 15 is 0 Å². The van der Waals surface area contributed by atoms with Crippen molar-refractivity contribution in [3.63, 3.8) is 0 Å². The molecule has 1 nitrogen and oxygen atoms in total. The Kier molecular flexibility index (Phi) is 2.39. The van der Waals surface area contributed by atoms with Crippen LogP contribution in [0.2, 0.25) is 0 Å². The van der Waals surface area contributed by atoms with E-state index in [2.05, 4.69) is 25.8 Å². The van der Waals surface area contributed by atoms with Crippen molar-refractivity contribution in [2.45, 2.75) is 39.5 Å². The zero-order chi connectivity index (χ0) is 9.47. The van der Waals surface area contributed by atoms with Gasteiger partial charge in [0, 0.05) is 6.54 Å². The summed E-state index contributed by atoms with van der Waals surface area (Å²) < 4.78 is 0. The first kappa shape index (κ1) is 9.51. The highest BCUT2D eigenvalue weighted by Crippen LogP contribution is 2.44. The lowest BCUT2D eigenvalue weighted by Gasteiger charge is -2.45. The third-order valence-corrected chi connectivity index (χ3v) is 4.10. The largest absolute Gasteiger partial charge is 0.306 e. The van der Waals surface area contributed by atoms with Crippen LogP contribution < -0.4 is 0 Å². The van der Waals surface area contributed by atoms with Crippen molar-refractivity contribution < 1.29 is 0 Å². The van der Waals surface area contributed by atoms with Crippen molar-refractivity contribution in [1.82, 2.24) is 4.90 Å². The monoisotopic (exact) mass is 181 g/mol. The summed E-state index contributed by atoms with van der Waals surface area (Å²) in [6, 6.07) is 0. The Morgan fingerprint density at radius 3 is 2.69 bits per heavy atom. The van der Waals surface area contributed by atoms with Crippen LogP contribution in [0.5, 0.6) is 0 Å². The summed E-state index contributed by atoms with van der Waals surface area (Å²) in [7, 11) is 2.27. The van der Waals surface area contributed by atoms with Gasteiger partial charge in [-0.2, -0.15) is 0 Å². The minimum absolute atomic E-state index is 0.636. The fourth-order valence-electron chi connectivity index (χ4n) is 3.25. The molecule has 2 atom stereocenters. The van der Waals surface area contributed by atoms with E-state index in [-0.39, 0.29) is 0 Å². The van der Waals surface area contributed by atoms with Gasteiger partial charge in [-0.1, -0.05) is 13.8 Å². The molecule has 0 spiro atoms. The molecule has 76 valence electrons. The molecule has 0 N–H and O–H groups in total. The van der Waals surface area contributed by atoms with Gasteiger partial charge in [0.1, 0.15) is 0 Å². The third-order valence-electron chi connectivity index (χ3n) is 4.10. The summed E-state index contributed by atoms with van der Waals surface area (Å²) in [6.45, 7) is 7.58. The second kappa shape index (κ2) is 3.27. The maximum Gasteiger partial charge on any atom is 0.000927 e. The Morgan fingerprint density at radius 2 is 1.92 bits per heavy atom. The summed E-state index contributed by atoms with van der Waals surface area (Å²) >= 11 is 0. The van der Waals surface area contributed by atoms with E-state index in [9.17, 15) is 0 Å². The van der Waals surface area contributed by atoms with Crippen molar-refractivity contribution in [3.05, 3.63) is 0 Å².